The van der Waals surface area contributed by atoms with Crippen LogP contribution in [-0.4, -0.2) is 93.6 Å². The van der Waals surface area contributed by atoms with E-state index in [9.17, 15) is 9.59 Å². The summed E-state index contributed by atoms with van der Waals surface area (Å²) in [6, 6.07) is 9.45. The van der Waals surface area contributed by atoms with Gasteiger partial charge in [-0.15, -0.1) is 11.3 Å². The molecule has 2 amide bonds. The Hall–Kier alpha value is -3.83. The van der Waals surface area contributed by atoms with E-state index in [2.05, 4.69) is 36.1 Å². The maximum atomic E-state index is 13.5. The van der Waals surface area contributed by atoms with E-state index < -0.39 is 0 Å². The predicted octanol–water partition coefficient (Wildman–Crippen LogP) is 3.65. The van der Waals surface area contributed by atoms with Crippen LogP contribution >= 0.6 is 11.3 Å². The first-order chi connectivity index (χ1) is 19.3. The molecule has 4 aromatic heterocycles. The van der Waals surface area contributed by atoms with E-state index in [0.29, 0.717) is 35.8 Å². The number of amides is 2. The van der Waals surface area contributed by atoms with Gasteiger partial charge in [0.25, 0.3) is 5.91 Å². The first-order valence-electron chi connectivity index (χ1n) is 13.7. The minimum atomic E-state index is -0.302. The minimum absolute atomic E-state index is 0.0238. The molecule has 11 heteroatoms. The van der Waals surface area contributed by atoms with Gasteiger partial charge >= 0.3 is 0 Å². The lowest BCUT2D eigenvalue weighted by molar-refractivity contribution is -0.131. The summed E-state index contributed by atoms with van der Waals surface area (Å²) in [4.78, 5) is 43.0. The zero-order valence-electron chi connectivity index (χ0n) is 23.7. The molecule has 0 bridgehead atoms. The Labute approximate surface area is 238 Å². The number of fused-ring (bicyclic) bond motifs is 1. The van der Waals surface area contributed by atoms with Crippen molar-refractivity contribution in [3.63, 3.8) is 0 Å². The molecule has 1 aliphatic rings. The summed E-state index contributed by atoms with van der Waals surface area (Å²) in [6.45, 7) is 9.42. The fraction of sp³-hybridized carbons (Fsp3) is 0.414. The van der Waals surface area contributed by atoms with Crippen LogP contribution < -0.4 is 10.2 Å². The number of nitrogens with one attached hydrogen (secondary N) is 1. The summed E-state index contributed by atoms with van der Waals surface area (Å²) < 4.78 is 1.72. The van der Waals surface area contributed by atoms with Crippen molar-refractivity contribution >= 4 is 34.6 Å². The maximum Gasteiger partial charge on any atom is 0.251 e. The van der Waals surface area contributed by atoms with Crippen molar-refractivity contribution in [1.82, 2.24) is 34.7 Å². The van der Waals surface area contributed by atoms with Crippen LogP contribution in [0.1, 0.15) is 37.6 Å². The molecule has 210 valence electrons. The van der Waals surface area contributed by atoms with Crippen molar-refractivity contribution in [3.05, 3.63) is 53.7 Å². The van der Waals surface area contributed by atoms with E-state index in [1.54, 1.807) is 53.2 Å². The molecule has 4 aromatic rings. The molecule has 10 nitrogen and oxygen atoms in total. The van der Waals surface area contributed by atoms with Gasteiger partial charge < -0.3 is 15.1 Å². The third kappa shape index (κ3) is 5.44. The van der Waals surface area contributed by atoms with E-state index in [4.69, 9.17) is 9.97 Å². The monoisotopic (exact) mass is 560 g/mol. The maximum absolute atomic E-state index is 13.5. The zero-order chi connectivity index (χ0) is 28.4. The van der Waals surface area contributed by atoms with Crippen LogP contribution in [0.25, 0.3) is 27.5 Å². The van der Waals surface area contributed by atoms with Crippen molar-refractivity contribution in [2.24, 2.45) is 0 Å². The van der Waals surface area contributed by atoms with Gasteiger partial charge in [-0.25, -0.2) is 14.5 Å². The highest BCUT2D eigenvalue weighted by Crippen LogP contribution is 2.32. The molecule has 5 heterocycles. The van der Waals surface area contributed by atoms with Gasteiger partial charge in [-0.3, -0.25) is 14.5 Å². The van der Waals surface area contributed by atoms with E-state index in [1.165, 1.54) is 0 Å². The van der Waals surface area contributed by atoms with Crippen molar-refractivity contribution in [2.75, 3.05) is 45.2 Å². The third-order valence-corrected chi connectivity index (χ3v) is 8.42. The Kier molecular flexibility index (Phi) is 8.13. The normalized spacial score (nSPS) is 15.8. The number of carbonyl (C=O) groups is 2. The van der Waals surface area contributed by atoms with Crippen molar-refractivity contribution in [2.45, 2.75) is 39.3 Å². The highest BCUT2D eigenvalue weighted by Gasteiger charge is 2.36. The van der Waals surface area contributed by atoms with Crippen LogP contribution in [0.3, 0.4) is 0 Å². The number of nitrogens with zero attached hydrogens (tertiary/aromatic N) is 7. The Balaban J connectivity index is 1.53. The van der Waals surface area contributed by atoms with E-state index in [1.807, 2.05) is 34.7 Å². The molecule has 1 saturated heterocycles. The number of carbonyl (C=O) groups excluding carboxylic acids is 2. The van der Waals surface area contributed by atoms with E-state index >= 15 is 0 Å². The quantitative estimate of drug-likeness (QED) is 0.316. The van der Waals surface area contributed by atoms with Gasteiger partial charge in [-0.2, -0.15) is 5.10 Å². The standard InChI is InChI=1S/C29H36N8O2S/c1-6-35(7-2)19(3)17-30-28(38)20-15-23(32-26(16-20)36-12-11-24(36)29(39)34(4)5)21-18-31-37-13-10-22(33-27(21)37)25-9-8-14-40-25/h8-10,13-16,18-19,24H,6-7,11-12,17H2,1-5H3,(H,30,38)/t19-,24-/m0/s1. The fourth-order valence-electron chi connectivity index (χ4n) is 5.08. The molecule has 1 aliphatic heterocycles. The molecule has 0 radical (unpaired) electrons. The highest BCUT2D eigenvalue weighted by atomic mass is 32.1. The second-order valence-electron chi connectivity index (χ2n) is 10.2. The number of pyridine rings is 1. The van der Waals surface area contributed by atoms with Gasteiger partial charge in [-0.05, 0) is 56.1 Å². The average molecular weight is 561 g/mol. The highest BCUT2D eigenvalue weighted by molar-refractivity contribution is 7.13. The summed E-state index contributed by atoms with van der Waals surface area (Å²) in [5.41, 5.74) is 3.31. The summed E-state index contributed by atoms with van der Waals surface area (Å²) in [6.07, 6.45) is 4.36. The first kappa shape index (κ1) is 27.7. The van der Waals surface area contributed by atoms with Gasteiger partial charge in [-0.1, -0.05) is 19.9 Å². The molecule has 2 atom stereocenters. The SMILES string of the molecule is CCN(CC)[C@@H](C)CNC(=O)c1cc(-c2cnn3ccc(-c4cccs4)nc23)nc(N2CC[C@H]2C(=O)N(C)C)c1. The molecule has 40 heavy (non-hydrogen) atoms. The molecule has 0 aromatic carbocycles. The van der Waals surface area contributed by atoms with Crippen molar-refractivity contribution in [1.29, 1.82) is 0 Å². The van der Waals surface area contributed by atoms with Gasteiger partial charge in [0.2, 0.25) is 5.91 Å². The van der Waals surface area contributed by atoms with Crippen LogP contribution in [0.15, 0.2) is 48.1 Å². The van der Waals surface area contributed by atoms with Crippen LogP contribution in [0.2, 0.25) is 0 Å². The third-order valence-electron chi connectivity index (χ3n) is 7.53. The average Bonchev–Trinajstić information content (AvgIpc) is 3.61. The number of hydrogen-bond acceptors (Lipinski definition) is 8. The van der Waals surface area contributed by atoms with E-state index in [-0.39, 0.29) is 23.9 Å². The molecule has 1 N–H and O–H groups in total. The Bertz CT molecular complexity index is 1500. The van der Waals surface area contributed by atoms with Gasteiger partial charge in [0, 0.05) is 45.0 Å². The molecule has 0 unspecified atom stereocenters. The Morgan fingerprint density at radius 1 is 1.15 bits per heavy atom. The Morgan fingerprint density at radius 3 is 2.60 bits per heavy atom. The fourth-order valence-corrected chi connectivity index (χ4v) is 5.77. The number of hydrogen-bond donors (Lipinski definition) is 1. The van der Waals surface area contributed by atoms with Crippen molar-refractivity contribution in [3.8, 4) is 21.8 Å². The van der Waals surface area contributed by atoms with Gasteiger partial charge in [0.15, 0.2) is 5.65 Å². The molecule has 5 rings (SSSR count). The summed E-state index contributed by atoms with van der Waals surface area (Å²) in [5.74, 6) is 0.444. The number of rotatable bonds is 10. The molecule has 1 fully saturated rings. The number of anilines is 1. The smallest absolute Gasteiger partial charge is 0.251 e. The Morgan fingerprint density at radius 2 is 1.95 bits per heavy atom. The van der Waals surface area contributed by atoms with Gasteiger partial charge in [0.05, 0.1) is 28.0 Å². The second kappa shape index (κ2) is 11.7. The molecular formula is C29H36N8O2S. The lowest BCUT2D eigenvalue weighted by Gasteiger charge is -2.42. The first-order valence-corrected chi connectivity index (χ1v) is 14.6. The minimum Gasteiger partial charge on any atom is -0.350 e. The van der Waals surface area contributed by atoms with Gasteiger partial charge in [0.1, 0.15) is 11.9 Å². The summed E-state index contributed by atoms with van der Waals surface area (Å²) in [7, 11) is 3.52. The molecule has 0 aliphatic carbocycles. The lowest BCUT2D eigenvalue weighted by atomic mass is 10.0. The number of thiophene rings is 1. The molecule has 0 saturated carbocycles. The molecular weight excluding hydrogens is 524 g/mol. The second-order valence-corrected chi connectivity index (χ2v) is 11.2. The summed E-state index contributed by atoms with van der Waals surface area (Å²) >= 11 is 1.62. The lowest BCUT2D eigenvalue weighted by Crippen LogP contribution is -2.56. The van der Waals surface area contributed by atoms with Crippen LogP contribution in [0.4, 0.5) is 5.82 Å². The van der Waals surface area contributed by atoms with Crippen molar-refractivity contribution < 1.29 is 9.59 Å². The van der Waals surface area contributed by atoms with Crippen LogP contribution in [-0.2, 0) is 4.79 Å². The molecule has 0 spiro atoms. The topological polar surface area (TPSA) is 99.0 Å². The van der Waals surface area contributed by atoms with Crippen LogP contribution in [0, 0.1) is 0 Å². The van der Waals surface area contributed by atoms with E-state index in [0.717, 1.165) is 35.6 Å². The van der Waals surface area contributed by atoms with Crippen LogP contribution in [0.5, 0.6) is 0 Å². The number of aromatic nitrogens is 4. The predicted molar refractivity (Wildman–Crippen MR) is 159 cm³/mol. The summed E-state index contributed by atoms with van der Waals surface area (Å²) in [5, 5.41) is 9.63. The largest absolute Gasteiger partial charge is 0.350 e. The number of likely N-dealkylation sites (N-methyl/N-ethyl adjacent to an activating group) is 2. The zero-order valence-corrected chi connectivity index (χ0v) is 24.5.